The molecule has 90 valence electrons. The van der Waals surface area contributed by atoms with Gasteiger partial charge in [-0.1, -0.05) is 45.0 Å². The Morgan fingerprint density at radius 1 is 1.00 bits per heavy atom. The minimum Gasteiger partial charge on any atom is -0.317 e. The zero-order valence-electron chi connectivity index (χ0n) is 11.2. The van der Waals surface area contributed by atoms with Gasteiger partial charge in [-0.2, -0.15) is 0 Å². The summed E-state index contributed by atoms with van der Waals surface area (Å²) in [6.45, 7) is 9.03. The third-order valence-electron chi connectivity index (χ3n) is 3.35. The Hall–Kier alpha value is -0.820. The zero-order valence-corrected chi connectivity index (χ0v) is 11.2. The van der Waals surface area contributed by atoms with Crippen molar-refractivity contribution in [1.29, 1.82) is 0 Å². The maximum absolute atomic E-state index is 3.31. The minimum atomic E-state index is 0.524. The summed E-state index contributed by atoms with van der Waals surface area (Å²) in [5.41, 5.74) is 2.87. The van der Waals surface area contributed by atoms with Crippen LogP contribution >= 0.6 is 0 Å². The van der Waals surface area contributed by atoms with Gasteiger partial charge in [-0.05, 0) is 43.4 Å². The van der Waals surface area contributed by atoms with Gasteiger partial charge in [0.15, 0.2) is 0 Å². The normalized spacial score (nSPS) is 15.1. The van der Waals surface area contributed by atoms with Gasteiger partial charge in [0.2, 0.25) is 0 Å². The lowest BCUT2D eigenvalue weighted by Crippen LogP contribution is -2.27. The van der Waals surface area contributed by atoms with Crippen molar-refractivity contribution in [3.05, 3.63) is 35.4 Å². The largest absolute Gasteiger partial charge is 0.317 e. The van der Waals surface area contributed by atoms with Crippen molar-refractivity contribution < 1.29 is 0 Å². The second-order valence-electron chi connectivity index (χ2n) is 5.21. The number of hydrogen-bond acceptors (Lipinski definition) is 1. The lowest BCUT2D eigenvalue weighted by molar-refractivity contribution is 0.524. The molecule has 1 rings (SSSR count). The first-order valence-electron chi connectivity index (χ1n) is 6.30. The van der Waals surface area contributed by atoms with Crippen molar-refractivity contribution in [2.75, 3.05) is 7.05 Å². The fraction of sp³-hybridized carbons (Fsp3) is 0.600. The molecule has 0 bridgehead atoms. The van der Waals surface area contributed by atoms with Crippen LogP contribution in [0, 0.1) is 5.92 Å². The van der Waals surface area contributed by atoms with Crippen LogP contribution in [0.15, 0.2) is 24.3 Å². The first-order valence-corrected chi connectivity index (χ1v) is 6.30. The molecule has 0 radical (unpaired) electrons. The van der Waals surface area contributed by atoms with E-state index in [0.29, 0.717) is 12.0 Å². The average Bonchev–Trinajstić information content (AvgIpc) is 2.27. The Bertz CT molecular complexity index is 300. The second-order valence-corrected chi connectivity index (χ2v) is 5.21. The molecule has 0 aliphatic heterocycles. The number of benzene rings is 1. The molecule has 0 saturated carbocycles. The molecule has 0 amide bonds. The summed E-state index contributed by atoms with van der Waals surface area (Å²) in [4.78, 5) is 0. The Labute approximate surface area is 100 Å². The van der Waals surface area contributed by atoms with Crippen LogP contribution in [0.4, 0.5) is 0 Å². The van der Waals surface area contributed by atoms with Crippen molar-refractivity contribution >= 4 is 0 Å². The van der Waals surface area contributed by atoms with Gasteiger partial charge in [0.1, 0.15) is 0 Å². The highest BCUT2D eigenvalue weighted by Crippen LogP contribution is 2.20. The van der Waals surface area contributed by atoms with Crippen LogP contribution in [0.25, 0.3) is 0 Å². The predicted molar refractivity (Wildman–Crippen MR) is 71.9 cm³/mol. The molecule has 0 saturated heterocycles. The molecule has 2 unspecified atom stereocenters. The Kier molecular flexibility index (Phi) is 5.01. The monoisotopic (exact) mass is 219 g/mol. The van der Waals surface area contributed by atoms with Crippen LogP contribution in [0.5, 0.6) is 0 Å². The van der Waals surface area contributed by atoms with E-state index < -0.39 is 0 Å². The van der Waals surface area contributed by atoms with Crippen molar-refractivity contribution in [1.82, 2.24) is 5.32 Å². The SMILES string of the molecule is CNC(C)C(C)c1ccc(CC(C)C)cc1. The molecule has 0 heterocycles. The van der Waals surface area contributed by atoms with E-state index in [0.717, 1.165) is 5.92 Å². The quantitative estimate of drug-likeness (QED) is 0.798. The molecule has 0 aromatic heterocycles. The summed E-state index contributed by atoms with van der Waals surface area (Å²) in [6, 6.07) is 9.62. The molecule has 2 atom stereocenters. The van der Waals surface area contributed by atoms with Gasteiger partial charge in [0, 0.05) is 6.04 Å². The van der Waals surface area contributed by atoms with E-state index in [-0.39, 0.29) is 0 Å². The summed E-state index contributed by atoms with van der Waals surface area (Å²) in [5, 5.41) is 3.31. The van der Waals surface area contributed by atoms with Crippen LogP contribution in [0.3, 0.4) is 0 Å². The van der Waals surface area contributed by atoms with Crippen LogP contribution in [-0.4, -0.2) is 13.1 Å². The highest BCUT2D eigenvalue weighted by Gasteiger charge is 2.11. The smallest absolute Gasteiger partial charge is 0.0102 e. The molecule has 1 nitrogen and oxygen atoms in total. The number of rotatable bonds is 5. The molecule has 0 fully saturated rings. The Balaban J connectivity index is 2.70. The summed E-state index contributed by atoms with van der Waals surface area (Å²) >= 11 is 0. The lowest BCUT2D eigenvalue weighted by atomic mass is 9.92. The molecule has 0 aliphatic carbocycles. The number of likely N-dealkylation sites (N-methyl/N-ethyl adjacent to an activating group) is 1. The molecule has 0 aliphatic rings. The van der Waals surface area contributed by atoms with Gasteiger partial charge >= 0.3 is 0 Å². The van der Waals surface area contributed by atoms with Gasteiger partial charge in [0.25, 0.3) is 0 Å². The van der Waals surface area contributed by atoms with Crippen molar-refractivity contribution in [3.8, 4) is 0 Å². The third kappa shape index (κ3) is 3.64. The van der Waals surface area contributed by atoms with E-state index in [2.05, 4.69) is 57.3 Å². The molecule has 16 heavy (non-hydrogen) atoms. The maximum atomic E-state index is 3.31. The second kappa shape index (κ2) is 6.05. The van der Waals surface area contributed by atoms with Crippen molar-refractivity contribution in [2.45, 2.75) is 46.1 Å². The molecule has 1 N–H and O–H groups in total. The fourth-order valence-corrected chi connectivity index (χ4v) is 1.97. The van der Waals surface area contributed by atoms with E-state index in [1.165, 1.54) is 17.5 Å². The van der Waals surface area contributed by atoms with Gasteiger partial charge < -0.3 is 5.32 Å². The first-order chi connectivity index (χ1) is 7.54. The molecule has 1 heteroatoms. The first kappa shape index (κ1) is 13.2. The van der Waals surface area contributed by atoms with Crippen molar-refractivity contribution in [3.63, 3.8) is 0 Å². The molecule has 0 spiro atoms. The zero-order chi connectivity index (χ0) is 12.1. The summed E-state index contributed by atoms with van der Waals surface area (Å²) in [7, 11) is 2.02. The van der Waals surface area contributed by atoms with E-state index in [4.69, 9.17) is 0 Å². The number of hydrogen-bond donors (Lipinski definition) is 1. The molecule has 1 aromatic rings. The topological polar surface area (TPSA) is 12.0 Å². The van der Waals surface area contributed by atoms with E-state index in [1.54, 1.807) is 0 Å². The summed E-state index contributed by atoms with van der Waals surface area (Å²) in [5.74, 6) is 1.30. The summed E-state index contributed by atoms with van der Waals surface area (Å²) in [6.07, 6.45) is 1.18. The number of nitrogens with one attached hydrogen (secondary N) is 1. The summed E-state index contributed by atoms with van der Waals surface area (Å²) < 4.78 is 0. The maximum Gasteiger partial charge on any atom is 0.0102 e. The fourth-order valence-electron chi connectivity index (χ4n) is 1.97. The van der Waals surface area contributed by atoms with E-state index in [9.17, 15) is 0 Å². The minimum absolute atomic E-state index is 0.524. The Morgan fingerprint density at radius 2 is 1.56 bits per heavy atom. The van der Waals surface area contributed by atoms with Crippen LogP contribution in [0.1, 0.15) is 44.7 Å². The van der Waals surface area contributed by atoms with Crippen LogP contribution < -0.4 is 5.32 Å². The lowest BCUT2D eigenvalue weighted by Gasteiger charge is -2.20. The molecular weight excluding hydrogens is 194 g/mol. The van der Waals surface area contributed by atoms with Gasteiger partial charge in [0.05, 0.1) is 0 Å². The highest BCUT2D eigenvalue weighted by atomic mass is 14.9. The van der Waals surface area contributed by atoms with Gasteiger partial charge in [-0.25, -0.2) is 0 Å². The molecular formula is C15H25N. The Morgan fingerprint density at radius 3 is 2.00 bits per heavy atom. The predicted octanol–water partition coefficient (Wildman–Crippen LogP) is 3.60. The highest BCUT2D eigenvalue weighted by molar-refractivity contribution is 5.26. The van der Waals surface area contributed by atoms with Crippen LogP contribution in [0.2, 0.25) is 0 Å². The average molecular weight is 219 g/mol. The third-order valence-corrected chi connectivity index (χ3v) is 3.35. The van der Waals surface area contributed by atoms with Crippen LogP contribution in [-0.2, 0) is 6.42 Å². The van der Waals surface area contributed by atoms with Gasteiger partial charge in [-0.15, -0.1) is 0 Å². The standard InChI is InChI=1S/C15H25N/c1-11(2)10-14-6-8-15(9-7-14)12(3)13(4)16-5/h6-9,11-13,16H,10H2,1-5H3. The molecule has 1 aromatic carbocycles. The van der Waals surface area contributed by atoms with E-state index >= 15 is 0 Å². The van der Waals surface area contributed by atoms with Gasteiger partial charge in [-0.3, -0.25) is 0 Å². The van der Waals surface area contributed by atoms with E-state index in [1.807, 2.05) is 7.05 Å². The van der Waals surface area contributed by atoms with Crippen molar-refractivity contribution in [2.24, 2.45) is 5.92 Å².